The zero-order valence-corrected chi connectivity index (χ0v) is 22.7. The van der Waals surface area contributed by atoms with Gasteiger partial charge in [0.2, 0.25) is 20.0 Å². The molecule has 2 aromatic rings. The predicted octanol–water partition coefficient (Wildman–Crippen LogP) is 1.20. The number of sulfonamides is 2. The molecule has 12 nitrogen and oxygen atoms in total. The molecule has 0 aliphatic carbocycles. The van der Waals surface area contributed by atoms with Crippen LogP contribution in [0.15, 0.2) is 27.6 Å². The van der Waals surface area contributed by atoms with Gasteiger partial charge in [-0.2, -0.15) is 4.31 Å². The normalized spacial score (nSPS) is 19.9. The van der Waals surface area contributed by atoms with E-state index in [0.717, 1.165) is 10.6 Å². The van der Waals surface area contributed by atoms with Crippen LogP contribution in [-0.2, 0) is 20.0 Å². The minimum absolute atomic E-state index is 0.0113. The minimum Gasteiger partial charge on any atom is -0.486 e. The Kier molecular flexibility index (Phi) is 8.03. The first-order valence-corrected chi connectivity index (χ1v) is 14.6. The molecule has 14 heteroatoms. The summed E-state index contributed by atoms with van der Waals surface area (Å²) < 4.78 is 65.4. The molecule has 0 unspecified atom stereocenters. The van der Waals surface area contributed by atoms with Gasteiger partial charge in [0, 0.05) is 19.5 Å². The Morgan fingerprint density at radius 1 is 1.28 bits per heavy atom. The second-order valence-electron chi connectivity index (χ2n) is 9.12. The number of nitrogens with zero attached hydrogens (tertiary/aromatic N) is 3. The molecule has 0 saturated heterocycles. The van der Waals surface area contributed by atoms with Crippen molar-refractivity contribution in [2.45, 2.75) is 44.7 Å². The molecule has 3 rings (SSSR count). The van der Waals surface area contributed by atoms with E-state index in [-0.39, 0.29) is 53.0 Å². The van der Waals surface area contributed by atoms with E-state index in [1.807, 2.05) is 0 Å². The summed E-state index contributed by atoms with van der Waals surface area (Å²) in [6, 6.07) is 3.94. The molecule has 1 aliphatic rings. The third-order valence-electron chi connectivity index (χ3n) is 6.06. The zero-order chi connectivity index (χ0) is 27.0. The van der Waals surface area contributed by atoms with Gasteiger partial charge in [-0.05, 0) is 32.9 Å². The van der Waals surface area contributed by atoms with Crippen LogP contribution in [0.4, 0.5) is 5.69 Å². The van der Waals surface area contributed by atoms with Gasteiger partial charge in [0.05, 0.1) is 36.7 Å². The van der Waals surface area contributed by atoms with Crippen molar-refractivity contribution < 1.29 is 36.0 Å². The Labute approximate surface area is 211 Å². The molecular formula is C22H32N4O8S2. The second-order valence-corrected chi connectivity index (χ2v) is 12.8. The van der Waals surface area contributed by atoms with Gasteiger partial charge in [0.25, 0.3) is 5.91 Å². The smallest absolute Gasteiger partial charge is 0.258 e. The quantitative estimate of drug-likeness (QED) is 0.498. The number of carbonyl (C=O) groups is 1. The Morgan fingerprint density at radius 2 is 1.94 bits per heavy atom. The first-order chi connectivity index (χ1) is 16.7. The zero-order valence-electron chi connectivity index (χ0n) is 21.0. The summed E-state index contributed by atoms with van der Waals surface area (Å²) in [6.07, 6.45) is 0.189. The fourth-order valence-electron chi connectivity index (χ4n) is 4.09. The van der Waals surface area contributed by atoms with Crippen LogP contribution in [-0.4, -0.2) is 87.4 Å². The molecule has 1 aromatic heterocycles. The summed E-state index contributed by atoms with van der Waals surface area (Å²) in [5.74, 6) is -0.692. The summed E-state index contributed by atoms with van der Waals surface area (Å²) in [4.78, 5) is 14.9. The molecule has 200 valence electrons. The molecule has 0 saturated carbocycles. The monoisotopic (exact) mass is 544 g/mol. The van der Waals surface area contributed by atoms with E-state index in [1.165, 1.54) is 44.0 Å². The van der Waals surface area contributed by atoms with E-state index in [2.05, 4.69) is 9.88 Å². The Balaban J connectivity index is 2.08. The van der Waals surface area contributed by atoms with E-state index in [9.17, 15) is 26.7 Å². The van der Waals surface area contributed by atoms with Gasteiger partial charge in [-0.15, -0.1) is 0 Å². The lowest BCUT2D eigenvalue weighted by Gasteiger charge is -2.38. The predicted molar refractivity (Wildman–Crippen MR) is 132 cm³/mol. The van der Waals surface area contributed by atoms with Crippen molar-refractivity contribution in [1.82, 2.24) is 14.4 Å². The number of para-hydroxylation sites is 1. The van der Waals surface area contributed by atoms with Gasteiger partial charge in [-0.1, -0.05) is 18.1 Å². The Bertz CT molecular complexity index is 1320. The van der Waals surface area contributed by atoms with Gasteiger partial charge in [0.1, 0.15) is 16.7 Å². The average Bonchev–Trinajstić information content (AvgIpc) is 3.13. The molecule has 2 heterocycles. The summed E-state index contributed by atoms with van der Waals surface area (Å²) in [7, 11) is -6.32. The first-order valence-electron chi connectivity index (χ1n) is 11.3. The molecular weight excluding hydrogens is 512 g/mol. The van der Waals surface area contributed by atoms with Crippen LogP contribution in [0.5, 0.6) is 5.75 Å². The number of hydrogen-bond donors (Lipinski definition) is 2. The number of aliphatic hydroxyl groups is 1. The largest absolute Gasteiger partial charge is 0.486 e. The third-order valence-corrected chi connectivity index (χ3v) is 8.72. The van der Waals surface area contributed by atoms with Crippen LogP contribution in [0.1, 0.15) is 35.7 Å². The third kappa shape index (κ3) is 5.66. The summed E-state index contributed by atoms with van der Waals surface area (Å²) in [5, 5.41) is 13.5. The molecule has 1 aromatic carbocycles. The number of rotatable bonds is 8. The van der Waals surface area contributed by atoms with Gasteiger partial charge in [-0.25, -0.2) is 16.8 Å². The molecule has 0 radical (unpaired) electrons. The molecule has 3 atom stereocenters. The van der Waals surface area contributed by atoms with E-state index in [4.69, 9.17) is 9.26 Å². The molecule has 0 spiro atoms. The van der Waals surface area contributed by atoms with Crippen LogP contribution in [0.3, 0.4) is 0 Å². The molecule has 36 heavy (non-hydrogen) atoms. The van der Waals surface area contributed by atoms with Gasteiger partial charge in [0.15, 0.2) is 11.5 Å². The molecule has 0 fully saturated rings. The van der Waals surface area contributed by atoms with Gasteiger partial charge >= 0.3 is 0 Å². The van der Waals surface area contributed by atoms with Crippen molar-refractivity contribution in [3.05, 3.63) is 35.2 Å². The number of hydrogen-bond acceptors (Lipinski definition) is 9. The highest BCUT2D eigenvalue weighted by Gasteiger charge is 2.37. The maximum absolute atomic E-state index is 13.4. The maximum atomic E-state index is 13.4. The lowest BCUT2D eigenvalue weighted by Crippen LogP contribution is -2.50. The number of likely N-dealkylation sites (N-methyl/N-ethyl adjacent to an activating group) is 1. The number of anilines is 1. The second kappa shape index (κ2) is 10.4. The highest BCUT2D eigenvalue weighted by Crippen LogP contribution is 2.35. The van der Waals surface area contributed by atoms with Crippen molar-refractivity contribution in [2.24, 2.45) is 5.92 Å². The van der Waals surface area contributed by atoms with Crippen LogP contribution in [0.25, 0.3) is 0 Å². The number of benzene rings is 1. The highest BCUT2D eigenvalue weighted by molar-refractivity contribution is 7.92. The van der Waals surface area contributed by atoms with Crippen molar-refractivity contribution >= 4 is 31.6 Å². The van der Waals surface area contributed by atoms with Crippen molar-refractivity contribution in [1.29, 1.82) is 0 Å². The number of carbonyl (C=O) groups excluding carboxylic acids is 1. The molecule has 1 aliphatic heterocycles. The lowest BCUT2D eigenvalue weighted by atomic mass is 9.99. The van der Waals surface area contributed by atoms with Crippen LogP contribution in [0, 0.1) is 19.8 Å². The Morgan fingerprint density at radius 3 is 2.50 bits per heavy atom. The van der Waals surface area contributed by atoms with E-state index < -0.39 is 44.0 Å². The SMILES string of the molecule is Cc1noc(C)c1S(=O)(=O)N(C)C[C@@H]1Oc2c(NS(C)(=O)=O)cccc2C(=O)N([C@@H](C)CO)C[C@H]1C. The number of ether oxygens (including phenoxy) is 1. The molecule has 1 amide bonds. The van der Waals surface area contributed by atoms with E-state index in [0.29, 0.717) is 0 Å². The van der Waals surface area contributed by atoms with Crippen LogP contribution in [0.2, 0.25) is 0 Å². The molecule has 0 bridgehead atoms. The maximum Gasteiger partial charge on any atom is 0.258 e. The average molecular weight is 545 g/mol. The summed E-state index contributed by atoms with van der Waals surface area (Å²) >= 11 is 0. The fourth-order valence-corrected chi connectivity index (χ4v) is 6.12. The number of nitrogens with one attached hydrogen (secondary N) is 1. The van der Waals surface area contributed by atoms with Crippen molar-refractivity contribution in [2.75, 3.05) is 37.7 Å². The van der Waals surface area contributed by atoms with Crippen LogP contribution >= 0.6 is 0 Å². The standard InChI is InChI=1S/C22H32N4O8S2/c1-13-10-26(14(2)12-27)22(28)17-8-7-9-18(24-35(6,29)30)20(17)33-19(13)11-25(5)36(31,32)21-15(3)23-34-16(21)4/h7-9,13-14,19,24,27H,10-12H2,1-6H3/t13-,14+,19+/m1/s1. The number of aliphatic hydroxyl groups excluding tert-OH is 1. The minimum atomic E-state index is -4.00. The Hall–Kier alpha value is -2.68. The number of aryl methyl sites for hydroxylation is 2. The van der Waals surface area contributed by atoms with Gasteiger partial charge in [-0.3, -0.25) is 9.52 Å². The number of amides is 1. The van der Waals surface area contributed by atoms with Crippen molar-refractivity contribution in [3.63, 3.8) is 0 Å². The van der Waals surface area contributed by atoms with Crippen molar-refractivity contribution in [3.8, 4) is 5.75 Å². The van der Waals surface area contributed by atoms with E-state index >= 15 is 0 Å². The fraction of sp³-hybridized carbons (Fsp3) is 0.545. The highest BCUT2D eigenvalue weighted by atomic mass is 32.2. The van der Waals surface area contributed by atoms with Crippen LogP contribution < -0.4 is 9.46 Å². The van der Waals surface area contributed by atoms with E-state index in [1.54, 1.807) is 13.8 Å². The van der Waals surface area contributed by atoms with Gasteiger partial charge < -0.3 is 19.3 Å². The topological polar surface area (TPSA) is 159 Å². The summed E-state index contributed by atoms with van der Waals surface area (Å²) in [6.45, 7) is 6.29. The first kappa shape index (κ1) is 27.9. The molecule has 2 N–H and O–H groups in total. The summed E-state index contributed by atoms with van der Waals surface area (Å²) in [5.41, 5.74) is 0.372. The lowest BCUT2D eigenvalue weighted by molar-refractivity contribution is 0.0389. The number of fused-ring (bicyclic) bond motifs is 1. The number of aromatic nitrogens is 1.